The molecule has 176 valence electrons. The van der Waals surface area contributed by atoms with E-state index in [2.05, 4.69) is 17.4 Å². The van der Waals surface area contributed by atoms with Crippen molar-refractivity contribution >= 4 is 17.4 Å². The number of rotatable bonds is 6. The Morgan fingerprint density at radius 1 is 0.939 bits per heavy atom. The molecular formula is C28H38N4O. The Morgan fingerprint density at radius 3 is 2.42 bits per heavy atom. The van der Waals surface area contributed by atoms with E-state index < -0.39 is 0 Å². The third-order valence-electron chi connectivity index (χ3n) is 8.03. The van der Waals surface area contributed by atoms with Crippen molar-refractivity contribution in [2.45, 2.75) is 96.3 Å². The first-order valence-corrected chi connectivity index (χ1v) is 13.2. The van der Waals surface area contributed by atoms with Crippen LogP contribution in [0, 0.1) is 11.8 Å². The van der Waals surface area contributed by atoms with Gasteiger partial charge in [0.15, 0.2) is 5.82 Å². The molecule has 2 fully saturated rings. The lowest BCUT2D eigenvalue weighted by atomic mass is 9.85. The Labute approximate surface area is 198 Å². The van der Waals surface area contributed by atoms with E-state index in [0.717, 1.165) is 59.9 Å². The number of nitrogens with zero attached hydrogens (tertiary/aromatic N) is 2. The predicted octanol–water partition coefficient (Wildman–Crippen LogP) is 6.25. The predicted molar refractivity (Wildman–Crippen MR) is 134 cm³/mol. The van der Waals surface area contributed by atoms with E-state index in [1.807, 2.05) is 6.07 Å². The van der Waals surface area contributed by atoms with Crippen LogP contribution < -0.4 is 11.1 Å². The van der Waals surface area contributed by atoms with E-state index in [4.69, 9.17) is 15.7 Å². The van der Waals surface area contributed by atoms with Crippen molar-refractivity contribution in [1.82, 2.24) is 9.97 Å². The van der Waals surface area contributed by atoms with Crippen molar-refractivity contribution in [2.24, 2.45) is 11.8 Å². The number of amides is 1. The summed E-state index contributed by atoms with van der Waals surface area (Å²) in [5, 5.41) is 3.20. The third kappa shape index (κ3) is 5.39. The molecule has 5 heteroatoms. The maximum atomic E-state index is 13.0. The summed E-state index contributed by atoms with van der Waals surface area (Å²) >= 11 is 0. The van der Waals surface area contributed by atoms with Crippen molar-refractivity contribution in [3.63, 3.8) is 0 Å². The molecule has 5 nitrogen and oxygen atoms in total. The number of anilines is 2. The molecule has 0 radical (unpaired) electrons. The molecule has 3 aliphatic carbocycles. The number of hydrogen-bond donors (Lipinski definition) is 2. The molecule has 0 spiro atoms. The molecule has 0 unspecified atom stereocenters. The Morgan fingerprint density at radius 2 is 1.67 bits per heavy atom. The molecule has 0 bridgehead atoms. The molecule has 0 aliphatic heterocycles. The second-order valence-electron chi connectivity index (χ2n) is 10.5. The van der Waals surface area contributed by atoms with Gasteiger partial charge in [-0.3, -0.25) is 4.79 Å². The summed E-state index contributed by atoms with van der Waals surface area (Å²) in [6, 6.07) is 6.11. The number of aromatic nitrogens is 2. The van der Waals surface area contributed by atoms with Crippen molar-refractivity contribution in [2.75, 3.05) is 11.1 Å². The van der Waals surface area contributed by atoms with Gasteiger partial charge in [0.2, 0.25) is 5.91 Å². The van der Waals surface area contributed by atoms with Gasteiger partial charge in [0.1, 0.15) is 0 Å². The number of nitrogen functional groups attached to an aromatic ring is 1. The number of carbonyl (C=O) groups excluding carboxylic acids is 1. The van der Waals surface area contributed by atoms with E-state index in [9.17, 15) is 4.79 Å². The highest BCUT2D eigenvalue weighted by atomic mass is 16.1. The summed E-state index contributed by atoms with van der Waals surface area (Å²) in [4.78, 5) is 23.1. The molecule has 1 heterocycles. The van der Waals surface area contributed by atoms with Gasteiger partial charge in [0.05, 0.1) is 17.1 Å². The summed E-state index contributed by atoms with van der Waals surface area (Å²) in [5.41, 5.74) is 12.2. The highest BCUT2D eigenvalue weighted by molar-refractivity contribution is 5.90. The Bertz CT molecular complexity index is 990. The van der Waals surface area contributed by atoms with Crippen molar-refractivity contribution in [3.8, 4) is 11.3 Å². The zero-order valence-electron chi connectivity index (χ0n) is 19.9. The van der Waals surface area contributed by atoms with Crippen LogP contribution in [-0.4, -0.2) is 15.9 Å². The minimum atomic E-state index is 0.110. The van der Waals surface area contributed by atoms with E-state index >= 15 is 0 Å². The van der Waals surface area contributed by atoms with Gasteiger partial charge in [-0.15, -0.1) is 0 Å². The Hall–Kier alpha value is -2.43. The summed E-state index contributed by atoms with van der Waals surface area (Å²) in [6.07, 6.45) is 17.3. The SMILES string of the molecule is Nc1ccc2c(c1)CCc1nc(NC(=O)CC3CCCCC3)c(CCC3CCCCC3)nc1-2. The monoisotopic (exact) mass is 446 g/mol. The smallest absolute Gasteiger partial charge is 0.225 e. The fraction of sp³-hybridized carbons (Fsp3) is 0.607. The van der Waals surface area contributed by atoms with Crippen LogP contribution in [0.3, 0.4) is 0 Å². The Balaban J connectivity index is 1.39. The highest BCUT2D eigenvalue weighted by Gasteiger charge is 2.24. The minimum Gasteiger partial charge on any atom is -0.399 e. The molecule has 0 saturated heterocycles. The molecule has 2 saturated carbocycles. The van der Waals surface area contributed by atoms with Crippen LogP contribution in [0.4, 0.5) is 11.5 Å². The first-order valence-electron chi connectivity index (χ1n) is 13.2. The molecule has 1 aromatic heterocycles. The average Bonchev–Trinajstić information content (AvgIpc) is 2.83. The normalized spacial score (nSPS) is 19.0. The molecule has 1 aromatic carbocycles. The Kier molecular flexibility index (Phi) is 6.93. The van der Waals surface area contributed by atoms with Gasteiger partial charge in [-0.25, -0.2) is 9.97 Å². The number of aryl methyl sites for hydroxylation is 3. The topological polar surface area (TPSA) is 80.9 Å². The van der Waals surface area contributed by atoms with Gasteiger partial charge in [0, 0.05) is 17.7 Å². The van der Waals surface area contributed by atoms with Crippen LogP contribution in [0.5, 0.6) is 0 Å². The maximum Gasteiger partial charge on any atom is 0.225 e. The first-order chi connectivity index (χ1) is 16.2. The average molecular weight is 447 g/mol. The largest absolute Gasteiger partial charge is 0.399 e. The third-order valence-corrected chi connectivity index (χ3v) is 8.03. The maximum absolute atomic E-state index is 13.0. The molecular weight excluding hydrogens is 408 g/mol. The van der Waals surface area contributed by atoms with E-state index in [-0.39, 0.29) is 5.91 Å². The van der Waals surface area contributed by atoms with E-state index in [0.29, 0.717) is 18.2 Å². The van der Waals surface area contributed by atoms with Gasteiger partial charge in [0.25, 0.3) is 0 Å². The number of nitrogens with two attached hydrogens (primary N) is 1. The van der Waals surface area contributed by atoms with Crippen LogP contribution in [0.25, 0.3) is 11.3 Å². The molecule has 2 aromatic rings. The number of hydrogen-bond acceptors (Lipinski definition) is 4. The van der Waals surface area contributed by atoms with Crippen LogP contribution in [0.15, 0.2) is 18.2 Å². The van der Waals surface area contributed by atoms with Crippen LogP contribution >= 0.6 is 0 Å². The minimum absolute atomic E-state index is 0.110. The molecule has 3 aliphatic rings. The highest BCUT2D eigenvalue weighted by Crippen LogP contribution is 2.35. The summed E-state index contributed by atoms with van der Waals surface area (Å²) in [5.74, 6) is 2.12. The van der Waals surface area contributed by atoms with E-state index in [1.165, 1.54) is 69.8 Å². The lowest BCUT2D eigenvalue weighted by Gasteiger charge is -2.24. The second kappa shape index (κ2) is 10.2. The molecule has 5 rings (SSSR count). The van der Waals surface area contributed by atoms with Crippen molar-refractivity contribution in [1.29, 1.82) is 0 Å². The standard InChI is InChI=1S/C28H38N4O/c29-22-13-14-23-21(18-22)12-16-24-27(23)30-25(15-11-19-7-3-1-4-8-19)28(31-24)32-26(33)17-20-9-5-2-6-10-20/h13-14,18-20H,1-12,15-17,29H2,(H,31,32,33). The number of carbonyl (C=O) groups is 1. The summed E-state index contributed by atoms with van der Waals surface area (Å²) in [6.45, 7) is 0. The van der Waals surface area contributed by atoms with Crippen LogP contribution in [-0.2, 0) is 24.1 Å². The number of fused-ring (bicyclic) bond motifs is 3. The molecule has 0 atom stereocenters. The van der Waals surface area contributed by atoms with Gasteiger partial charge in [-0.2, -0.15) is 0 Å². The lowest BCUT2D eigenvalue weighted by Crippen LogP contribution is -2.22. The molecule has 1 amide bonds. The van der Waals surface area contributed by atoms with Crippen LogP contribution in [0.1, 0.15) is 94.0 Å². The van der Waals surface area contributed by atoms with Crippen molar-refractivity contribution in [3.05, 3.63) is 35.2 Å². The fourth-order valence-electron chi connectivity index (χ4n) is 6.13. The zero-order valence-corrected chi connectivity index (χ0v) is 19.9. The summed E-state index contributed by atoms with van der Waals surface area (Å²) < 4.78 is 0. The van der Waals surface area contributed by atoms with Crippen LogP contribution in [0.2, 0.25) is 0 Å². The van der Waals surface area contributed by atoms with Gasteiger partial charge < -0.3 is 11.1 Å². The first kappa shape index (κ1) is 22.4. The fourth-order valence-corrected chi connectivity index (χ4v) is 6.13. The quantitative estimate of drug-likeness (QED) is 0.514. The van der Waals surface area contributed by atoms with E-state index in [1.54, 1.807) is 0 Å². The summed E-state index contributed by atoms with van der Waals surface area (Å²) in [7, 11) is 0. The molecule has 3 N–H and O–H groups in total. The number of nitrogens with one attached hydrogen (secondary N) is 1. The zero-order chi connectivity index (χ0) is 22.6. The van der Waals surface area contributed by atoms with Crippen molar-refractivity contribution < 1.29 is 4.79 Å². The van der Waals surface area contributed by atoms with Gasteiger partial charge >= 0.3 is 0 Å². The molecule has 33 heavy (non-hydrogen) atoms. The number of benzene rings is 1. The second-order valence-corrected chi connectivity index (χ2v) is 10.5. The lowest BCUT2D eigenvalue weighted by molar-refractivity contribution is -0.117. The van der Waals surface area contributed by atoms with Gasteiger partial charge in [-0.1, -0.05) is 57.4 Å². The van der Waals surface area contributed by atoms with Gasteiger partial charge in [-0.05, 0) is 68.1 Å².